The first-order valence-corrected chi connectivity index (χ1v) is 11.4. The Bertz CT molecular complexity index is 1260. The number of nitrogens with one attached hydrogen (secondary N) is 1. The van der Waals surface area contributed by atoms with Crippen LogP contribution in [0.2, 0.25) is 0 Å². The molecule has 6 heteroatoms. The lowest BCUT2D eigenvalue weighted by molar-refractivity contribution is 0.0917. The SMILES string of the molecule is C[C@@H](NC(=O)c1cc(-c2ccco2)nc2onc(-c3ccccc3)c12)[C@H]1C[C@@H]2CC[C@@H]1C2. The van der Waals surface area contributed by atoms with Crippen LogP contribution < -0.4 is 5.32 Å². The molecule has 6 rings (SSSR count). The number of aromatic nitrogens is 2. The van der Waals surface area contributed by atoms with Crippen molar-refractivity contribution < 1.29 is 13.7 Å². The Morgan fingerprint density at radius 3 is 2.72 bits per heavy atom. The monoisotopic (exact) mass is 427 g/mol. The number of amides is 1. The van der Waals surface area contributed by atoms with Gasteiger partial charge in [-0.25, -0.2) is 4.98 Å². The minimum Gasteiger partial charge on any atom is -0.463 e. The largest absolute Gasteiger partial charge is 0.463 e. The van der Waals surface area contributed by atoms with Gasteiger partial charge in [-0.3, -0.25) is 4.79 Å². The molecule has 3 aromatic heterocycles. The van der Waals surface area contributed by atoms with Crippen LogP contribution in [0.25, 0.3) is 33.8 Å². The predicted molar refractivity (Wildman–Crippen MR) is 121 cm³/mol. The van der Waals surface area contributed by atoms with E-state index in [0.29, 0.717) is 39.7 Å². The molecular weight excluding hydrogens is 402 g/mol. The zero-order valence-electron chi connectivity index (χ0n) is 18.0. The number of nitrogens with zero attached hydrogens (tertiary/aromatic N) is 2. The molecule has 1 aromatic carbocycles. The summed E-state index contributed by atoms with van der Waals surface area (Å²) >= 11 is 0. The van der Waals surface area contributed by atoms with Gasteiger partial charge < -0.3 is 14.3 Å². The molecule has 2 saturated carbocycles. The van der Waals surface area contributed by atoms with Gasteiger partial charge in [-0.2, -0.15) is 0 Å². The second kappa shape index (κ2) is 7.62. The van der Waals surface area contributed by atoms with Gasteiger partial charge in [0, 0.05) is 11.6 Å². The lowest BCUT2D eigenvalue weighted by Gasteiger charge is -2.28. The molecular formula is C26H25N3O3. The fraction of sp³-hybridized carbons (Fsp3) is 0.346. The van der Waals surface area contributed by atoms with E-state index in [1.807, 2.05) is 36.4 Å². The van der Waals surface area contributed by atoms with E-state index in [1.54, 1.807) is 18.4 Å². The lowest BCUT2D eigenvalue weighted by atomic mass is 9.84. The number of carbonyl (C=O) groups is 1. The molecule has 32 heavy (non-hydrogen) atoms. The summed E-state index contributed by atoms with van der Waals surface area (Å²) in [6, 6.07) is 15.3. The number of rotatable bonds is 5. The van der Waals surface area contributed by atoms with Gasteiger partial charge in [0.05, 0.1) is 17.2 Å². The molecule has 0 radical (unpaired) electrons. The van der Waals surface area contributed by atoms with Gasteiger partial charge in [0.15, 0.2) is 5.76 Å². The van der Waals surface area contributed by atoms with Crippen molar-refractivity contribution in [2.75, 3.05) is 0 Å². The number of hydrogen-bond acceptors (Lipinski definition) is 5. The van der Waals surface area contributed by atoms with Crippen LogP contribution >= 0.6 is 0 Å². The van der Waals surface area contributed by atoms with Crippen molar-refractivity contribution in [3.05, 3.63) is 60.4 Å². The van der Waals surface area contributed by atoms with Crippen LogP contribution in [0.15, 0.2) is 63.7 Å². The highest BCUT2D eigenvalue weighted by Gasteiger charge is 2.42. The van der Waals surface area contributed by atoms with Crippen LogP contribution in [0, 0.1) is 17.8 Å². The number of pyridine rings is 1. The highest BCUT2D eigenvalue weighted by molar-refractivity contribution is 6.10. The Labute approximate surface area is 186 Å². The second-order valence-electron chi connectivity index (χ2n) is 9.21. The summed E-state index contributed by atoms with van der Waals surface area (Å²) in [4.78, 5) is 18.2. The number of benzene rings is 1. The number of hydrogen-bond donors (Lipinski definition) is 1. The molecule has 0 spiro atoms. The third-order valence-corrected chi connectivity index (χ3v) is 7.31. The summed E-state index contributed by atoms with van der Waals surface area (Å²) in [5.74, 6) is 2.59. The predicted octanol–water partition coefficient (Wildman–Crippen LogP) is 5.70. The zero-order valence-corrected chi connectivity index (χ0v) is 18.0. The van der Waals surface area contributed by atoms with E-state index in [9.17, 15) is 4.79 Å². The van der Waals surface area contributed by atoms with Gasteiger partial charge in [-0.15, -0.1) is 0 Å². The quantitative estimate of drug-likeness (QED) is 0.442. The number of furan rings is 1. The first-order chi connectivity index (χ1) is 15.7. The molecule has 3 heterocycles. The van der Waals surface area contributed by atoms with E-state index >= 15 is 0 Å². The summed E-state index contributed by atoms with van der Waals surface area (Å²) in [5.41, 5.74) is 2.90. The van der Waals surface area contributed by atoms with Gasteiger partial charge in [-0.05, 0) is 62.1 Å². The molecule has 2 fully saturated rings. The van der Waals surface area contributed by atoms with Crippen LogP contribution in [-0.2, 0) is 0 Å². The summed E-state index contributed by atoms with van der Waals surface area (Å²) in [6.45, 7) is 2.14. The van der Waals surface area contributed by atoms with Gasteiger partial charge >= 0.3 is 0 Å². The van der Waals surface area contributed by atoms with Gasteiger partial charge in [0.25, 0.3) is 11.6 Å². The van der Waals surface area contributed by atoms with Crippen LogP contribution in [0.3, 0.4) is 0 Å². The average Bonchev–Trinajstić information content (AvgIpc) is 3.62. The van der Waals surface area contributed by atoms with Crippen molar-refractivity contribution in [3.63, 3.8) is 0 Å². The Morgan fingerprint density at radius 1 is 1.12 bits per heavy atom. The minimum absolute atomic E-state index is 0.119. The van der Waals surface area contributed by atoms with Crippen LogP contribution in [0.1, 0.15) is 43.0 Å². The smallest absolute Gasteiger partial charge is 0.259 e. The van der Waals surface area contributed by atoms with Crippen molar-refractivity contribution in [1.29, 1.82) is 0 Å². The molecule has 0 aliphatic heterocycles. The molecule has 6 nitrogen and oxygen atoms in total. The zero-order chi connectivity index (χ0) is 21.7. The van der Waals surface area contributed by atoms with Crippen molar-refractivity contribution in [2.45, 2.75) is 38.6 Å². The van der Waals surface area contributed by atoms with Crippen molar-refractivity contribution in [3.8, 4) is 22.7 Å². The van der Waals surface area contributed by atoms with E-state index < -0.39 is 0 Å². The summed E-state index contributed by atoms with van der Waals surface area (Å²) < 4.78 is 11.1. The van der Waals surface area contributed by atoms with Crippen molar-refractivity contribution >= 4 is 17.0 Å². The van der Waals surface area contributed by atoms with Gasteiger partial charge in [0.2, 0.25) is 0 Å². The normalized spacial score (nSPS) is 23.0. The summed E-state index contributed by atoms with van der Waals surface area (Å²) in [5, 5.41) is 8.19. The highest BCUT2D eigenvalue weighted by atomic mass is 16.5. The fourth-order valence-electron chi connectivity index (χ4n) is 5.77. The number of fused-ring (bicyclic) bond motifs is 3. The Kier molecular flexibility index (Phi) is 4.59. The standard InChI is InChI=1S/C26H25N3O3/c1-15(19-13-16-9-10-18(19)12-16)27-25(30)20-14-21(22-8-5-11-31-22)28-26-23(20)24(29-32-26)17-6-3-2-4-7-17/h2-8,11,14-16,18-19H,9-10,12-13H2,1H3,(H,27,30)/t15-,16-,18-,19-/m1/s1. The lowest BCUT2D eigenvalue weighted by Crippen LogP contribution is -2.40. The minimum atomic E-state index is -0.124. The number of carbonyl (C=O) groups excluding carboxylic acids is 1. The molecule has 2 aliphatic rings. The van der Waals surface area contributed by atoms with Crippen molar-refractivity contribution in [1.82, 2.24) is 15.5 Å². The van der Waals surface area contributed by atoms with Gasteiger partial charge in [0.1, 0.15) is 11.4 Å². The van der Waals surface area contributed by atoms with Crippen LogP contribution in [0.5, 0.6) is 0 Å². The van der Waals surface area contributed by atoms with Crippen molar-refractivity contribution in [2.24, 2.45) is 17.8 Å². The molecule has 162 valence electrons. The Morgan fingerprint density at radius 2 is 2.00 bits per heavy atom. The maximum atomic E-state index is 13.6. The summed E-state index contributed by atoms with van der Waals surface area (Å²) in [7, 11) is 0. The van der Waals surface area contributed by atoms with E-state index in [1.165, 1.54) is 25.7 Å². The first kappa shape index (κ1) is 19.3. The summed E-state index contributed by atoms with van der Waals surface area (Å²) in [6.07, 6.45) is 6.77. The Balaban J connectivity index is 1.41. The molecule has 0 unspecified atom stereocenters. The maximum Gasteiger partial charge on any atom is 0.259 e. The van der Waals surface area contributed by atoms with Crippen LogP contribution in [0.4, 0.5) is 0 Å². The molecule has 4 aromatic rings. The van der Waals surface area contributed by atoms with E-state index in [-0.39, 0.29) is 11.9 Å². The fourth-order valence-corrected chi connectivity index (χ4v) is 5.77. The molecule has 0 saturated heterocycles. The third kappa shape index (κ3) is 3.22. The van der Waals surface area contributed by atoms with E-state index in [2.05, 4.69) is 22.4 Å². The molecule has 1 N–H and O–H groups in total. The second-order valence-corrected chi connectivity index (χ2v) is 9.21. The topological polar surface area (TPSA) is 81.2 Å². The van der Waals surface area contributed by atoms with E-state index in [4.69, 9.17) is 8.94 Å². The molecule has 1 amide bonds. The third-order valence-electron chi connectivity index (χ3n) is 7.31. The average molecular weight is 428 g/mol. The van der Waals surface area contributed by atoms with E-state index in [0.717, 1.165) is 17.4 Å². The van der Waals surface area contributed by atoms with Gasteiger partial charge in [-0.1, -0.05) is 41.9 Å². The molecule has 2 aliphatic carbocycles. The molecule has 2 bridgehead atoms. The highest BCUT2D eigenvalue weighted by Crippen LogP contribution is 2.49. The Hall–Kier alpha value is -3.41. The molecule has 4 atom stereocenters. The van der Waals surface area contributed by atoms with Crippen LogP contribution in [-0.4, -0.2) is 22.1 Å². The maximum absolute atomic E-state index is 13.6. The first-order valence-electron chi connectivity index (χ1n) is 11.4.